The average Bonchev–Trinajstić information content (AvgIpc) is 3.34. The van der Waals surface area contributed by atoms with E-state index in [0.29, 0.717) is 27.3 Å². The molecule has 0 aliphatic rings. The molecule has 2 amide bonds. The molecule has 0 saturated carbocycles. The standard InChI is InChI=1S/C23H28ClN5O4S/c1-13-19(34-22(26-13)27-21(32)23(2,3)4)17-11-16(20(31)25-8-9-30)28-29(17)12-14-10-15(24)6-7-18(14)33-5/h6-7,10-11,30H,8-9,12H2,1-5H3,(H,25,31)(H,26,27,32). The van der Waals surface area contributed by atoms with E-state index in [4.69, 9.17) is 21.4 Å². The van der Waals surface area contributed by atoms with Crippen LogP contribution in [0.4, 0.5) is 5.13 Å². The van der Waals surface area contributed by atoms with Crippen LogP contribution >= 0.6 is 22.9 Å². The molecule has 0 bridgehead atoms. The van der Waals surface area contributed by atoms with E-state index in [1.54, 1.807) is 36.1 Å². The summed E-state index contributed by atoms with van der Waals surface area (Å²) in [5.41, 5.74) is 1.75. The van der Waals surface area contributed by atoms with Gasteiger partial charge in [-0.3, -0.25) is 14.3 Å². The first-order valence-electron chi connectivity index (χ1n) is 10.6. The van der Waals surface area contributed by atoms with Crippen molar-refractivity contribution in [1.82, 2.24) is 20.1 Å². The Balaban J connectivity index is 2.04. The molecule has 0 saturated heterocycles. The molecule has 0 radical (unpaired) electrons. The molecule has 0 atom stereocenters. The fraction of sp³-hybridized carbons (Fsp3) is 0.391. The maximum Gasteiger partial charge on any atom is 0.271 e. The van der Waals surface area contributed by atoms with Gasteiger partial charge < -0.3 is 20.5 Å². The molecule has 9 nitrogen and oxygen atoms in total. The van der Waals surface area contributed by atoms with Crippen LogP contribution in [0.25, 0.3) is 10.6 Å². The van der Waals surface area contributed by atoms with Gasteiger partial charge in [0.15, 0.2) is 10.8 Å². The number of nitrogens with one attached hydrogen (secondary N) is 2. The lowest BCUT2D eigenvalue weighted by atomic mass is 9.96. The highest BCUT2D eigenvalue weighted by Crippen LogP contribution is 2.35. The first-order valence-corrected chi connectivity index (χ1v) is 11.8. The van der Waals surface area contributed by atoms with E-state index in [1.807, 2.05) is 27.7 Å². The number of aryl methyl sites for hydroxylation is 1. The minimum Gasteiger partial charge on any atom is -0.496 e. The van der Waals surface area contributed by atoms with Crippen LogP contribution in [0.1, 0.15) is 42.5 Å². The summed E-state index contributed by atoms with van der Waals surface area (Å²) in [4.78, 5) is 30.3. The van der Waals surface area contributed by atoms with Crippen molar-refractivity contribution in [3.63, 3.8) is 0 Å². The number of rotatable bonds is 8. The lowest BCUT2D eigenvalue weighted by Gasteiger charge is -2.15. The molecule has 2 aromatic heterocycles. The largest absolute Gasteiger partial charge is 0.496 e. The average molecular weight is 506 g/mol. The second-order valence-corrected chi connectivity index (χ2v) is 10.1. The van der Waals surface area contributed by atoms with Crippen molar-refractivity contribution in [3.05, 3.63) is 46.2 Å². The van der Waals surface area contributed by atoms with Crippen molar-refractivity contribution in [2.24, 2.45) is 5.41 Å². The van der Waals surface area contributed by atoms with Crippen molar-refractivity contribution in [2.75, 3.05) is 25.6 Å². The van der Waals surface area contributed by atoms with Gasteiger partial charge >= 0.3 is 0 Å². The summed E-state index contributed by atoms with van der Waals surface area (Å²) in [5.74, 6) is 0.0841. The van der Waals surface area contributed by atoms with Crippen molar-refractivity contribution in [1.29, 1.82) is 0 Å². The summed E-state index contributed by atoms with van der Waals surface area (Å²) in [7, 11) is 1.57. The van der Waals surface area contributed by atoms with E-state index >= 15 is 0 Å². The number of amides is 2. The summed E-state index contributed by atoms with van der Waals surface area (Å²) < 4.78 is 7.14. The third-order valence-corrected chi connectivity index (χ3v) is 6.23. The number of hydrogen-bond donors (Lipinski definition) is 3. The fourth-order valence-electron chi connectivity index (χ4n) is 3.10. The molecule has 0 fully saturated rings. The molecule has 182 valence electrons. The number of halogens is 1. The predicted octanol–water partition coefficient (Wildman–Crippen LogP) is 3.73. The Morgan fingerprint density at radius 3 is 2.65 bits per heavy atom. The molecule has 34 heavy (non-hydrogen) atoms. The number of carbonyl (C=O) groups excluding carboxylic acids is 2. The van der Waals surface area contributed by atoms with Gasteiger partial charge in [-0.25, -0.2) is 4.98 Å². The monoisotopic (exact) mass is 505 g/mol. The molecule has 0 spiro atoms. The predicted molar refractivity (Wildman–Crippen MR) is 133 cm³/mol. The van der Waals surface area contributed by atoms with Gasteiger partial charge in [-0.05, 0) is 31.2 Å². The Morgan fingerprint density at radius 2 is 2.00 bits per heavy atom. The Labute approximate surface area is 207 Å². The number of aromatic nitrogens is 3. The van der Waals surface area contributed by atoms with Crippen LogP contribution in [-0.4, -0.2) is 51.9 Å². The molecule has 11 heteroatoms. The number of thiazole rings is 1. The van der Waals surface area contributed by atoms with E-state index in [1.165, 1.54) is 11.3 Å². The van der Waals surface area contributed by atoms with Crippen LogP contribution in [0.2, 0.25) is 5.02 Å². The second kappa shape index (κ2) is 10.5. The van der Waals surface area contributed by atoms with Gasteiger partial charge in [0.05, 0.1) is 36.5 Å². The van der Waals surface area contributed by atoms with Crippen LogP contribution in [0.5, 0.6) is 5.75 Å². The minimum absolute atomic E-state index is 0.117. The molecule has 3 rings (SSSR count). The maximum atomic E-state index is 12.6. The third kappa shape index (κ3) is 5.94. The van der Waals surface area contributed by atoms with Crippen molar-refractivity contribution in [2.45, 2.75) is 34.2 Å². The van der Waals surface area contributed by atoms with Crippen molar-refractivity contribution in [3.8, 4) is 16.3 Å². The highest BCUT2D eigenvalue weighted by Gasteiger charge is 2.25. The maximum absolute atomic E-state index is 12.6. The van der Waals surface area contributed by atoms with E-state index < -0.39 is 11.3 Å². The Morgan fingerprint density at radius 1 is 1.26 bits per heavy atom. The van der Waals surface area contributed by atoms with Crippen LogP contribution in [0.15, 0.2) is 24.3 Å². The van der Waals surface area contributed by atoms with E-state index in [0.717, 1.165) is 10.4 Å². The quantitative estimate of drug-likeness (QED) is 0.429. The van der Waals surface area contributed by atoms with Gasteiger partial charge in [0.25, 0.3) is 5.91 Å². The first kappa shape index (κ1) is 25.7. The molecule has 3 aromatic rings. The minimum atomic E-state index is -0.567. The molecule has 1 aromatic carbocycles. The number of anilines is 1. The zero-order valence-corrected chi connectivity index (χ0v) is 21.3. The smallest absolute Gasteiger partial charge is 0.271 e. The lowest BCUT2D eigenvalue weighted by Crippen LogP contribution is -2.27. The molecular formula is C23H28ClN5O4S. The molecular weight excluding hydrogens is 478 g/mol. The highest BCUT2D eigenvalue weighted by atomic mass is 35.5. The molecule has 2 heterocycles. The van der Waals surface area contributed by atoms with Gasteiger partial charge in [-0.1, -0.05) is 43.7 Å². The number of methoxy groups -OCH3 is 1. The number of aliphatic hydroxyl groups excluding tert-OH is 1. The first-order chi connectivity index (χ1) is 16.0. The zero-order valence-electron chi connectivity index (χ0n) is 19.7. The van der Waals surface area contributed by atoms with E-state index in [2.05, 4.69) is 20.7 Å². The normalized spacial score (nSPS) is 11.4. The molecule has 0 aliphatic carbocycles. The topological polar surface area (TPSA) is 118 Å². The van der Waals surface area contributed by atoms with Crippen LogP contribution < -0.4 is 15.4 Å². The Bertz CT molecular complexity index is 1200. The SMILES string of the molecule is COc1ccc(Cl)cc1Cn1nc(C(=O)NCCO)cc1-c1sc(NC(=O)C(C)(C)C)nc1C. The Kier molecular flexibility index (Phi) is 7.96. The summed E-state index contributed by atoms with van der Waals surface area (Å²) in [5, 5.41) is 20.0. The second-order valence-electron chi connectivity index (χ2n) is 8.65. The number of benzene rings is 1. The molecule has 0 unspecified atom stereocenters. The van der Waals surface area contributed by atoms with Gasteiger partial charge in [0.1, 0.15) is 5.75 Å². The van der Waals surface area contributed by atoms with Crippen molar-refractivity contribution < 1.29 is 19.4 Å². The van der Waals surface area contributed by atoms with Crippen LogP contribution in [0.3, 0.4) is 0 Å². The van der Waals surface area contributed by atoms with Crippen LogP contribution in [-0.2, 0) is 11.3 Å². The van der Waals surface area contributed by atoms with Crippen molar-refractivity contribution >= 4 is 39.9 Å². The number of hydrogen-bond acceptors (Lipinski definition) is 7. The number of nitrogens with zero attached hydrogens (tertiary/aromatic N) is 3. The van der Waals surface area contributed by atoms with E-state index in [9.17, 15) is 9.59 Å². The van der Waals surface area contributed by atoms with Gasteiger partial charge in [-0.15, -0.1) is 0 Å². The Hall–Kier alpha value is -2.95. The van der Waals surface area contributed by atoms with Gasteiger partial charge in [0.2, 0.25) is 5.91 Å². The highest BCUT2D eigenvalue weighted by molar-refractivity contribution is 7.19. The van der Waals surface area contributed by atoms with Crippen LogP contribution in [0, 0.1) is 12.3 Å². The summed E-state index contributed by atoms with van der Waals surface area (Å²) in [6.45, 7) is 7.54. The lowest BCUT2D eigenvalue weighted by molar-refractivity contribution is -0.123. The molecule has 0 aliphatic heterocycles. The van der Waals surface area contributed by atoms with Gasteiger partial charge in [0, 0.05) is 22.5 Å². The number of aliphatic hydroxyl groups is 1. The molecule has 3 N–H and O–H groups in total. The number of ether oxygens (including phenoxy) is 1. The zero-order chi connectivity index (χ0) is 25.0. The summed E-state index contributed by atoms with van der Waals surface area (Å²) in [6.07, 6.45) is 0. The third-order valence-electron chi connectivity index (χ3n) is 4.90. The summed E-state index contributed by atoms with van der Waals surface area (Å²) >= 11 is 7.51. The fourth-order valence-corrected chi connectivity index (χ4v) is 4.27. The van der Waals surface area contributed by atoms with E-state index in [-0.39, 0.29) is 31.3 Å². The van der Waals surface area contributed by atoms with Gasteiger partial charge in [-0.2, -0.15) is 5.10 Å². The summed E-state index contributed by atoms with van der Waals surface area (Å²) in [6, 6.07) is 6.96. The number of carbonyl (C=O) groups is 2.